The maximum absolute atomic E-state index is 11.8. The third kappa shape index (κ3) is 3.61. The number of primary amides is 1. The standard InChI is InChI=1S/C17H18N6O2/c18-4-3-16(25)23-7-5-22(6-8-23)13-9-14-12(1-2-15(19)24)10-20-17(14)21-11-13/h1-2,9-11H,3,5-8H2,(H2,19,24)(H,20,21)/b2-1+. The van der Waals surface area contributed by atoms with Gasteiger partial charge in [-0.25, -0.2) is 4.98 Å². The number of hydrogen-bond acceptors (Lipinski definition) is 5. The Balaban J connectivity index is 1.76. The second-order valence-electron chi connectivity index (χ2n) is 5.77. The maximum atomic E-state index is 11.8. The number of aromatic amines is 1. The van der Waals surface area contributed by atoms with Crippen LogP contribution in [0, 0.1) is 11.3 Å². The minimum Gasteiger partial charge on any atom is -0.367 e. The summed E-state index contributed by atoms with van der Waals surface area (Å²) >= 11 is 0. The molecule has 3 rings (SSSR count). The molecule has 128 valence electrons. The number of nitriles is 1. The van der Waals surface area contributed by atoms with Crippen molar-refractivity contribution in [3.05, 3.63) is 30.1 Å². The number of pyridine rings is 1. The van der Waals surface area contributed by atoms with Crippen molar-refractivity contribution in [3.8, 4) is 6.07 Å². The first-order valence-corrected chi connectivity index (χ1v) is 7.93. The van der Waals surface area contributed by atoms with E-state index in [0.717, 1.165) is 22.3 Å². The Bertz CT molecular complexity index is 871. The number of nitrogens with one attached hydrogen (secondary N) is 1. The molecule has 3 N–H and O–H groups in total. The first kappa shape index (κ1) is 16.5. The molecule has 0 atom stereocenters. The normalized spacial score (nSPS) is 14.8. The van der Waals surface area contributed by atoms with Crippen molar-refractivity contribution in [2.75, 3.05) is 31.1 Å². The number of carbonyl (C=O) groups excluding carboxylic acids is 2. The molecule has 0 bridgehead atoms. The van der Waals surface area contributed by atoms with Gasteiger partial charge in [-0.05, 0) is 12.1 Å². The average molecular weight is 338 g/mol. The molecule has 25 heavy (non-hydrogen) atoms. The first-order valence-electron chi connectivity index (χ1n) is 7.93. The smallest absolute Gasteiger partial charge is 0.241 e. The number of carbonyl (C=O) groups is 2. The van der Waals surface area contributed by atoms with Crippen LogP contribution in [0.4, 0.5) is 5.69 Å². The zero-order chi connectivity index (χ0) is 17.8. The van der Waals surface area contributed by atoms with E-state index in [0.29, 0.717) is 26.2 Å². The number of rotatable bonds is 4. The van der Waals surface area contributed by atoms with Gasteiger partial charge in [-0.3, -0.25) is 9.59 Å². The lowest BCUT2D eigenvalue weighted by atomic mass is 10.2. The third-order valence-corrected chi connectivity index (χ3v) is 4.20. The molecule has 0 saturated carbocycles. The van der Waals surface area contributed by atoms with Crippen LogP contribution >= 0.6 is 0 Å². The first-order chi connectivity index (χ1) is 12.1. The largest absolute Gasteiger partial charge is 0.367 e. The fourth-order valence-electron chi connectivity index (χ4n) is 2.89. The molecule has 3 heterocycles. The highest BCUT2D eigenvalue weighted by atomic mass is 16.2. The van der Waals surface area contributed by atoms with E-state index in [1.807, 2.05) is 12.1 Å². The zero-order valence-electron chi connectivity index (χ0n) is 13.6. The number of H-pyrrole nitrogens is 1. The van der Waals surface area contributed by atoms with E-state index >= 15 is 0 Å². The fraction of sp³-hybridized carbons (Fsp3) is 0.294. The van der Waals surface area contributed by atoms with Gasteiger partial charge in [0.1, 0.15) is 12.1 Å². The summed E-state index contributed by atoms with van der Waals surface area (Å²) in [6.45, 7) is 2.53. The van der Waals surface area contributed by atoms with Crippen molar-refractivity contribution in [1.82, 2.24) is 14.9 Å². The van der Waals surface area contributed by atoms with Crippen LogP contribution in [0.2, 0.25) is 0 Å². The van der Waals surface area contributed by atoms with Crippen molar-refractivity contribution in [3.63, 3.8) is 0 Å². The van der Waals surface area contributed by atoms with Gasteiger partial charge in [0.05, 0.1) is 18.0 Å². The summed E-state index contributed by atoms with van der Waals surface area (Å²) in [4.78, 5) is 34.0. The van der Waals surface area contributed by atoms with Crippen LogP contribution in [0.3, 0.4) is 0 Å². The lowest BCUT2D eigenvalue weighted by molar-refractivity contribution is -0.130. The second kappa shape index (κ2) is 7.05. The Labute approximate surface area is 144 Å². The summed E-state index contributed by atoms with van der Waals surface area (Å²) in [7, 11) is 0. The summed E-state index contributed by atoms with van der Waals surface area (Å²) < 4.78 is 0. The van der Waals surface area contributed by atoms with Crippen LogP contribution in [0.25, 0.3) is 17.1 Å². The SMILES string of the molecule is N#CCC(=O)N1CCN(c2cnc3[nH]cc(/C=C/C(N)=O)c3c2)CC1. The molecule has 1 saturated heterocycles. The second-order valence-corrected chi connectivity index (χ2v) is 5.77. The summed E-state index contributed by atoms with van der Waals surface area (Å²) in [6, 6.07) is 3.90. The highest BCUT2D eigenvalue weighted by Gasteiger charge is 2.21. The molecule has 8 nitrogen and oxygen atoms in total. The zero-order valence-corrected chi connectivity index (χ0v) is 13.6. The van der Waals surface area contributed by atoms with Crippen molar-refractivity contribution in [2.24, 2.45) is 5.73 Å². The number of nitrogens with two attached hydrogens (primary N) is 1. The molecule has 0 aliphatic carbocycles. The molecule has 1 aliphatic rings. The predicted octanol–water partition coefficient (Wildman–Crippen LogP) is 0.624. The molecular weight excluding hydrogens is 320 g/mol. The minimum absolute atomic E-state index is 0.0770. The monoisotopic (exact) mass is 338 g/mol. The van der Waals surface area contributed by atoms with Gasteiger partial charge in [-0.1, -0.05) is 0 Å². The predicted molar refractivity (Wildman–Crippen MR) is 93.3 cm³/mol. The van der Waals surface area contributed by atoms with Crippen molar-refractivity contribution in [1.29, 1.82) is 5.26 Å². The Morgan fingerprint density at radius 2 is 2.12 bits per heavy atom. The van der Waals surface area contributed by atoms with E-state index in [1.54, 1.807) is 23.4 Å². The minimum atomic E-state index is -0.503. The molecule has 1 aliphatic heterocycles. The molecule has 2 aromatic heterocycles. The molecule has 0 spiro atoms. The number of piperazine rings is 1. The van der Waals surface area contributed by atoms with E-state index in [1.165, 1.54) is 6.08 Å². The molecule has 8 heteroatoms. The summed E-state index contributed by atoms with van der Waals surface area (Å²) in [6.07, 6.45) is 6.46. The number of amides is 2. The van der Waals surface area contributed by atoms with E-state index in [2.05, 4.69) is 14.9 Å². The average Bonchev–Trinajstić information content (AvgIpc) is 3.02. The van der Waals surface area contributed by atoms with E-state index in [9.17, 15) is 9.59 Å². The molecule has 1 fully saturated rings. The fourth-order valence-corrected chi connectivity index (χ4v) is 2.89. The van der Waals surface area contributed by atoms with Crippen molar-refractivity contribution >= 4 is 34.6 Å². The molecule has 2 aromatic rings. The van der Waals surface area contributed by atoms with Gasteiger partial charge in [0.2, 0.25) is 11.8 Å². The Kier molecular flexibility index (Phi) is 4.66. The Morgan fingerprint density at radius 1 is 1.36 bits per heavy atom. The van der Waals surface area contributed by atoms with E-state index < -0.39 is 5.91 Å². The maximum Gasteiger partial charge on any atom is 0.241 e. The van der Waals surface area contributed by atoms with Crippen LogP contribution < -0.4 is 10.6 Å². The molecule has 0 radical (unpaired) electrons. The van der Waals surface area contributed by atoms with Crippen LogP contribution in [0.5, 0.6) is 0 Å². The summed E-state index contributed by atoms with van der Waals surface area (Å²) in [5.74, 6) is -0.628. The van der Waals surface area contributed by atoms with Gasteiger partial charge in [-0.2, -0.15) is 5.26 Å². The summed E-state index contributed by atoms with van der Waals surface area (Å²) in [5.41, 5.74) is 7.67. The van der Waals surface area contributed by atoms with Crippen LogP contribution in [-0.4, -0.2) is 52.9 Å². The molecule has 0 unspecified atom stereocenters. The van der Waals surface area contributed by atoms with Gasteiger partial charge < -0.3 is 20.5 Å². The van der Waals surface area contributed by atoms with Crippen LogP contribution in [-0.2, 0) is 9.59 Å². The third-order valence-electron chi connectivity index (χ3n) is 4.20. The molecular formula is C17H18N6O2. The number of nitrogens with zero attached hydrogens (tertiary/aromatic N) is 4. The highest BCUT2D eigenvalue weighted by molar-refractivity contribution is 5.95. The van der Waals surface area contributed by atoms with Crippen molar-refractivity contribution in [2.45, 2.75) is 6.42 Å². The van der Waals surface area contributed by atoms with Crippen LogP contribution in [0.1, 0.15) is 12.0 Å². The summed E-state index contributed by atoms with van der Waals surface area (Å²) in [5, 5.41) is 9.53. The highest BCUT2D eigenvalue weighted by Crippen LogP contribution is 2.24. The Hall–Kier alpha value is -3.34. The lowest BCUT2D eigenvalue weighted by Crippen LogP contribution is -2.48. The number of hydrogen-bond donors (Lipinski definition) is 2. The molecule has 2 amide bonds. The van der Waals surface area contributed by atoms with Gasteiger partial charge in [-0.15, -0.1) is 0 Å². The number of fused-ring (bicyclic) bond motifs is 1. The van der Waals surface area contributed by atoms with E-state index in [4.69, 9.17) is 11.0 Å². The quantitative estimate of drug-likeness (QED) is 0.792. The molecule has 0 aromatic carbocycles. The van der Waals surface area contributed by atoms with Gasteiger partial charge >= 0.3 is 0 Å². The van der Waals surface area contributed by atoms with Gasteiger partial charge in [0, 0.05) is 49.4 Å². The number of anilines is 1. The van der Waals surface area contributed by atoms with Gasteiger partial charge in [0.15, 0.2) is 0 Å². The topological polar surface area (TPSA) is 119 Å². The number of aromatic nitrogens is 2. The Morgan fingerprint density at radius 3 is 2.80 bits per heavy atom. The van der Waals surface area contributed by atoms with Crippen molar-refractivity contribution < 1.29 is 9.59 Å². The van der Waals surface area contributed by atoms with E-state index in [-0.39, 0.29) is 12.3 Å². The lowest BCUT2D eigenvalue weighted by Gasteiger charge is -2.35. The van der Waals surface area contributed by atoms with Gasteiger partial charge in [0.25, 0.3) is 0 Å². The van der Waals surface area contributed by atoms with Crippen LogP contribution in [0.15, 0.2) is 24.5 Å².